The summed E-state index contributed by atoms with van der Waals surface area (Å²) in [6, 6.07) is 0. The van der Waals surface area contributed by atoms with Crippen LogP contribution in [-0.4, -0.2) is 34.8 Å². The minimum atomic E-state index is 0.0513. The van der Waals surface area contributed by atoms with Crippen molar-refractivity contribution in [1.82, 2.24) is 9.88 Å². The summed E-state index contributed by atoms with van der Waals surface area (Å²) in [4.78, 5) is 18.9. The number of likely N-dealkylation sites (tertiary alicyclic amines) is 1. The first-order valence-electron chi connectivity index (χ1n) is 5.46. The molecule has 0 unspecified atom stereocenters. The van der Waals surface area contributed by atoms with Crippen molar-refractivity contribution in [3.63, 3.8) is 0 Å². The van der Waals surface area contributed by atoms with Crippen LogP contribution in [0.1, 0.15) is 28.6 Å². The quantitative estimate of drug-likeness (QED) is 0.764. The molecule has 1 aromatic rings. The van der Waals surface area contributed by atoms with E-state index in [0.717, 1.165) is 25.9 Å². The molecule has 0 aromatic carbocycles. The summed E-state index contributed by atoms with van der Waals surface area (Å²) in [6.07, 6.45) is 3.95. The lowest BCUT2D eigenvalue weighted by Gasteiger charge is -2.30. The van der Waals surface area contributed by atoms with Crippen molar-refractivity contribution in [2.75, 3.05) is 19.0 Å². The average molecular weight is 259 g/mol. The predicted octanol–water partition coefficient (Wildman–Crippen LogP) is 2.40. The summed E-state index contributed by atoms with van der Waals surface area (Å²) >= 11 is 7.31. The van der Waals surface area contributed by atoms with E-state index >= 15 is 0 Å². The zero-order valence-electron chi connectivity index (χ0n) is 9.28. The monoisotopic (exact) mass is 258 g/mol. The van der Waals surface area contributed by atoms with Crippen LogP contribution in [-0.2, 0) is 4.79 Å². The maximum atomic E-state index is 11.4. The third-order valence-corrected chi connectivity index (χ3v) is 4.25. The van der Waals surface area contributed by atoms with Gasteiger partial charge in [0.25, 0.3) is 0 Å². The number of halogens is 1. The highest BCUT2D eigenvalue weighted by atomic mass is 35.5. The molecule has 0 N–H and O–H groups in total. The number of carbonyl (C=O) groups excluding carboxylic acids is 1. The van der Waals surface area contributed by atoms with E-state index in [1.807, 2.05) is 11.1 Å². The molecule has 0 aliphatic carbocycles. The van der Waals surface area contributed by atoms with Crippen molar-refractivity contribution < 1.29 is 4.79 Å². The molecular weight excluding hydrogens is 244 g/mol. The van der Waals surface area contributed by atoms with Crippen LogP contribution in [0.15, 0.2) is 6.20 Å². The maximum Gasteiger partial charge on any atom is 0.237 e. The highest BCUT2D eigenvalue weighted by Gasteiger charge is 2.24. The van der Waals surface area contributed by atoms with Crippen LogP contribution in [0.4, 0.5) is 0 Å². The molecule has 1 amide bonds. The molecule has 0 spiro atoms. The van der Waals surface area contributed by atoms with Gasteiger partial charge in [-0.25, -0.2) is 4.98 Å². The molecule has 5 heteroatoms. The zero-order chi connectivity index (χ0) is 11.5. The number of aromatic nitrogens is 1. The Bertz CT molecular complexity index is 372. The normalized spacial score (nSPS) is 17.8. The SMILES string of the molecule is Cc1cnc(C2CCN(C(=O)CCl)CC2)s1. The van der Waals surface area contributed by atoms with Crippen LogP contribution in [0.2, 0.25) is 0 Å². The van der Waals surface area contributed by atoms with Gasteiger partial charge >= 0.3 is 0 Å². The molecular formula is C11H15ClN2OS. The molecule has 88 valence electrons. The number of hydrogen-bond donors (Lipinski definition) is 0. The van der Waals surface area contributed by atoms with Gasteiger partial charge in [-0.3, -0.25) is 4.79 Å². The zero-order valence-corrected chi connectivity index (χ0v) is 10.9. The summed E-state index contributed by atoms with van der Waals surface area (Å²) in [5.74, 6) is 0.676. The topological polar surface area (TPSA) is 33.2 Å². The molecule has 1 aliphatic heterocycles. The van der Waals surface area contributed by atoms with E-state index in [2.05, 4.69) is 11.9 Å². The minimum absolute atomic E-state index is 0.0513. The second-order valence-corrected chi connectivity index (χ2v) is 5.63. The molecule has 1 aromatic heterocycles. The Kier molecular flexibility index (Phi) is 3.82. The largest absolute Gasteiger partial charge is 0.342 e. The fraction of sp³-hybridized carbons (Fsp3) is 0.636. The number of piperidine rings is 1. The minimum Gasteiger partial charge on any atom is -0.342 e. The predicted molar refractivity (Wildman–Crippen MR) is 66.1 cm³/mol. The Balaban J connectivity index is 1.92. The van der Waals surface area contributed by atoms with E-state index in [0.29, 0.717) is 5.92 Å². The molecule has 3 nitrogen and oxygen atoms in total. The highest BCUT2D eigenvalue weighted by Crippen LogP contribution is 2.30. The van der Waals surface area contributed by atoms with Crippen molar-refractivity contribution in [2.45, 2.75) is 25.7 Å². The summed E-state index contributed by atoms with van der Waals surface area (Å²) in [5.41, 5.74) is 0. The maximum absolute atomic E-state index is 11.4. The van der Waals surface area contributed by atoms with Gasteiger partial charge < -0.3 is 4.90 Å². The van der Waals surface area contributed by atoms with E-state index in [1.165, 1.54) is 9.88 Å². The summed E-state index contributed by atoms with van der Waals surface area (Å²) in [6.45, 7) is 3.71. The number of hydrogen-bond acceptors (Lipinski definition) is 3. The van der Waals surface area contributed by atoms with Gasteiger partial charge in [-0.15, -0.1) is 22.9 Å². The van der Waals surface area contributed by atoms with Crippen molar-refractivity contribution in [2.24, 2.45) is 0 Å². The van der Waals surface area contributed by atoms with Crippen LogP contribution >= 0.6 is 22.9 Å². The fourth-order valence-electron chi connectivity index (χ4n) is 2.02. The van der Waals surface area contributed by atoms with Gasteiger partial charge in [0.1, 0.15) is 5.88 Å². The van der Waals surface area contributed by atoms with Gasteiger partial charge in [0, 0.05) is 30.1 Å². The van der Waals surface area contributed by atoms with Crippen LogP contribution in [0.25, 0.3) is 0 Å². The number of rotatable bonds is 2. The molecule has 1 saturated heterocycles. The molecule has 2 heterocycles. The summed E-state index contributed by atoms with van der Waals surface area (Å²) < 4.78 is 0. The first kappa shape index (κ1) is 11.9. The molecule has 0 bridgehead atoms. The van der Waals surface area contributed by atoms with E-state index in [1.54, 1.807) is 11.3 Å². The Hall–Kier alpha value is -0.610. The van der Waals surface area contributed by atoms with Crippen molar-refractivity contribution in [1.29, 1.82) is 0 Å². The van der Waals surface area contributed by atoms with Crippen LogP contribution in [0.5, 0.6) is 0 Å². The number of nitrogens with zero attached hydrogens (tertiary/aromatic N) is 2. The van der Waals surface area contributed by atoms with Crippen molar-refractivity contribution >= 4 is 28.8 Å². The first-order valence-corrected chi connectivity index (χ1v) is 6.82. The van der Waals surface area contributed by atoms with Gasteiger partial charge in [0.05, 0.1) is 5.01 Å². The fourth-order valence-corrected chi connectivity index (χ4v) is 3.13. The lowest BCUT2D eigenvalue weighted by atomic mass is 9.97. The summed E-state index contributed by atoms with van der Waals surface area (Å²) in [5, 5.41) is 1.22. The van der Waals surface area contributed by atoms with E-state index in [-0.39, 0.29) is 11.8 Å². The smallest absolute Gasteiger partial charge is 0.237 e. The second kappa shape index (κ2) is 5.15. The molecule has 2 rings (SSSR count). The Morgan fingerprint density at radius 3 is 2.81 bits per heavy atom. The molecule has 0 radical (unpaired) electrons. The molecule has 0 saturated carbocycles. The number of thiazole rings is 1. The Labute approximate surface area is 104 Å². The molecule has 1 aliphatic rings. The van der Waals surface area contributed by atoms with E-state index < -0.39 is 0 Å². The van der Waals surface area contributed by atoms with Gasteiger partial charge in [0.2, 0.25) is 5.91 Å². The number of aryl methyl sites for hydroxylation is 1. The van der Waals surface area contributed by atoms with E-state index in [9.17, 15) is 4.79 Å². The van der Waals surface area contributed by atoms with Crippen LogP contribution in [0, 0.1) is 6.92 Å². The Morgan fingerprint density at radius 2 is 2.31 bits per heavy atom. The lowest BCUT2D eigenvalue weighted by molar-refractivity contribution is -0.129. The van der Waals surface area contributed by atoms with Crippen molar-refractivity contribution in [3.05, 3.63) is 16.1 Å². The third-order valence-electron chi connectivity index (χ3n) is 2.95. The van der Waals surface area contributed by atoms with Crippen molar-refractivity contribution in [3.8, 4) is 0 Å². The van der Waals surface area contributed by atoms with Crippen LogP contribution in [0.3, 0.4) is 0 Å². The number of alkyl halides is 1. The standard InChI is InChI=1S/C11H15ClN2OS/c1-8-7-13-11(16-8)9-2-4-14(5-3-9)10(15)6-12/h7,9H,2-6H2,1H3. The second-order valence-electron chi connectivity index (χ2n) is 4.10. The molecule has 1 fully saturated rings. The summed E-state index contributed by atoms with van der Waals surface area (Å²) in [7, 11) is 0. The van der Waals surface area contributed by atoms with Gasteiger partial charge in [0.15, 0.2) is 0 Å². The lowest BCUT2D eigenvalue weighted by Crippen LogP contribution is -2.38. The highest BCUT2D eigenvalue weighted by molar-refractivity contribution is 7.11. The third kappa shape index (κ3) is 2.55. The van der Waals surface area contributed by atoms with Gasteiger partial charge in [-0.2, -0.15) is 0 Å². The number of carbonyl (C=O) groups is 1. The average Bonchev–Trinajstić information content (AvgIpc) is 2.75. The van der Waals surface area contributed by atoms with Crippen LogP contribution < -0.4 is 0 Å². The van der Waals surface area contributed by atoms with Gasteiger partial charge in [-0.1, -0.05) is 0 Å². The Morgan fingerprint density at radius 1 is 1.62 bits per heavy atom. The number of amides is 1. The first-order chi connectivity index (χ1) is 7.70. The van der Waals surface area contributed by atoms with Gasteiger partial charge in [-0.05, 0) is 19.8 Å². The molecule has 0 atom stereocenters. The molecule has 16 heavy (non-hydrogen) atoms. The van der Waals surface area contributed by atoms with E-state index in [4.69, 9.17) is 11.6 Å².